The van der Waals surface area contributed by atoms with Crippen LogP contribution in [0, 0.1) is 31.6 Å². The Balaban J connectivity index is 2.98. The van der Waals surface area contributed by atoms with Gasteiger partial charge in [0.15, 0.2) is 5.82 Å². The molecule has 0 fully saturated rings. The summed E-state index contributed by atoms with van der Waals surface area (Å²) < 4.78 is 0. The molecule has 0 aliphatic heterocycles. The zero-order chi connectivity index (χ0) is 15.4. The maximum absolute atomic E-state index is 11.4. The second-order valence-corrected chi connectivity index (χ2v) is 5.97. The first-order valence-corrected chi connectivity index (χ1v) is 7.06. The van der Waals surface area contributed by atoms with Crippen molar-refractivity contribution < 1.29 is 9.90 Å². The van der Waals surface area contributed by atoms with Crippen LogP contribution in [0.25, 0.3) is 0 Å². The van der Waals surface area contributed by atoms with Gasteiger partial charge < -0.3 is 10.4 Å². The van der Waals surface area contributed by atoms with Gasteiger partial charge in [-0.2, -0.15) is 5.10 Å². The standard InChI is InChI=1S/C15H25N3O2/c1-8(2)12(9(3)4)7-16-14-13(15(19)20)10(5)11(6)17-18-14/h8-9,12H,7H2,1-6H3,(H,16,18)(H,19,20). The molecule has 5 heteroatoms. The highest BCUT2D eigenvalue weighted by Gasteiger charge is 2.21. The first kappa shape index (κ1) is 16.4. The molecule has 0 saturated heterocycles. The van der Waals surface area contributed by atoms with Crippen LogP contribution in [0.2, 0.25) is 0 Å². The number of carbonyl (C=O) groups is 1. The highest BCUT2D eigenvalue weighted by Crippen LogP contribution is 2.23. The molecule has 0 amide bonds. The summed E-state index contributed by atoms with van der Waals surface area (Å²) >= 11 is 0. The molecule has 1 heterocycles. The fourth-order valence-electron chi connectivity index (χ4n) is 2.45. The van der Waals surface area contributed by atoms with E-state index in [1.54, 1.807) is 13.8 Å². The molecule has 1 rings (SSSR count). The third kappa shape index (κ3) is 3.68. The number of anilines is 1. The molecular weight excluding hydrogens is 254 g/mol. The summed E-state index contributed by atoms with van der Waals surface area (Å²) in [5, 5.41) is 20.5. The molecule has 112 valence electrons. The summed E-state index contributed by atoms with van der Waals surface area (Å²) in [4.78, 5) is 11.4. The molecule has 0 aliphatic carbocycles. The van der Waals surface area contributed by atoms with Gasteiger partial charge in [0.05, 0.1) is 5.69 Å². The van der Waals surface area contributed by atoms with Gasteiger partial charge in [-0.05, 0) is 37.2 Å². The first-order chi connectivity index (χ1) is 9.25. The van der Waals surface area contributed by atoms with Gasteiger partial charge in [-0.25, -0.2) is 4.79 Å². The van der Waals surface area contributed by atoms with E-state index in [9.17, 15) is 9.90 Å². The van der Waals surface area contributed by atoms with Crippen LogP contribution >= 0.6 is 0 Å². The van der Waals surface area contributed by atoms with Crippen molar-refractivity contribution in [3.63, 3.8) is 0 Å². The Morgan fingerprint density at radius 2 is 1.70 bits per heavy atom. The Morgan fingerprint density at radius 1 is 1.15 bits per heavy atom. The van der Waals surface area contributed by atoms with Crippen molar-refractivity contribution in [3.05, 3.63) is 16.8 Å². The van der Waals surface area contributed by atoms with Crippen LogP contribution in [0.5, 0.6) is 0 Å². The normalized spacial score (nSPS) is 11.4. The van der Waals surface area contributed by atoms with Crippen molar-refractivity contribution in [1.29, 1.82) is 0 Å². The molecule has 1 aromatic heterocycles. The lowest BCUT2D eigenvalue weighted by molar-refractivity contribution is 0.0696. The van der Waals surface area contributed by atoms with Crippen molar-refractivity contribution >= 4 is 11.8 Å². The van der Waals surface area contributed by atoms with Crippen LogP contribution in [0.3, 0.4) is 0 Å². The number of aromatic carboxylic acids is 1. The predicted octanol–water partition coefficient (Wildman–Crippen LogP) is 3.13. The minimum Gasteiger partial charge on any atom is -0.478 e. The molecule has 0 bridgehead atoms. The molecule has 5 nitrogen and oxygen atoms in total. The molecule has 20 heavy (non-hydrogen) atoms. The first-order valence-electron chi connectivity index (χ1n) is 7.06. The lowest BCUT2D eigenvalue weighted by Crippen LogP contribution is -2.26. The Bertz CT molecular complexity index is 476. The van der Waals surface area contributed by atoms with E-state index in [4.69, 9.17) is 0 Å². The molecule has 1 aromatic rings. The predicted molar refractivity (Wildman–Crippen MR) is 80.1 cm³/mol. The lowest BCUT2D eigenvalue weighted by Gasteiger charge is -2.25. The summed E-state index contributed by atoms with van der Waals surface area (Å²) in [6.45, 7) is 12.9. The van der Waals surface area contributed by atoms with Crippen LogP contribution < -0.4 is 5.32 Å². The van der Waals surface area contributed by atoms with E-state index in [1.165, 1.54) is 0 Å². The fraction of sp³-hybridized carbons (Fsp3) is 0.667. The Kier molecular flexibility index (Phi) is 5.48. The number of nitrogens with one attached hydrogen (secondary N) is 1. The zero-order valence-electron chi connectivity index (χ0n) is 13.2. The molecule has 0 atom stereocenters. The second kappa shape index (κ2) is 6.68. The summed E-state index contributed by atoms with van der Waals surface area (Å²) in [7, 11) is 0. The van der Waals surface area contributed by atoms with Gasteiger partial charge in [-0.1, -0.05) is 27.7 Å². The maximum Gasteiger partial charge on any atom is 0.339 e. The summed E-state index contributed by atoms with van der Waals surface area (Å²) in [6.07, 6.45) is 0. The number of hydrogen-bond donors (Lipinski definition) is 2. The topological polar surface area (TPSA) is 75.1 Å². The minimum atomic E-state index is -0.964. The van der Waals surface area contributed by atoms with Gasteiger partial charge in [0.1, 0.15) is 5.56 Å². The minimum absolute atomic E-state index is 0.226. The zero-order valence-corrected chi connectivity index (χ0v) is 13.2. The summed E-state index contributed by atoms with van der Waals surface area (Å²) in [5.41, 5.74) is 1.54. The SMILES string of the molecule is Cc1nnc(NCC(C(C)C)C(C)C)c(C(=O)O)c1C. The van der Waals surface area contributed by atoms with Gasteiger partial charge in [-0.3, -0.25) is 0 Å². The number of carboxylic acids is 1. The molecule has 2 N–H and O–H groups in total. The number of nitrogens with zero attached hydrogens (tertiary/aromatic N) is 2. The van der Waals surface area contributed by atoms with E-state index in [1.807, 2.05) is 0 Å². The van der Waals surface area contributed by atoms with Crippen LogP contribution in [0.15, 0.2) is 0 Å². The molecule has 0 aromatic carbocycles. The van der Waals surface area contributed by atoms with Crippen molar-refractivity contribution in [2.24, 2.45) is 17.8 Å². The van der Waals surface area contributed by atoms with E-state index < -0.39 is 5.97 Å². The van der Waals surface area contributed by atoms with Gasteiger partial charge >= 0.3 is 5.97 Å². The van der Waals surface area contributed by atoms with Crippen LogP contribution in [-0.4, -0.2) is 27.8 Å². The number of carboxylic acid groups (broad SMARTS) is 1. The summed E-state index contributed by atoms with van der Waals surface area (Å²) in [6, 6.07) is 0. The molecule has 0 radical (unpaired) electrons. The third-order valence-corrected chi connectivity index (χ3v) is 3.89. The van der Waals surface area contributed by atoms with Crippen LogP contribution in [-0.2, 0) is 0 Å². The van der Waals surface area contributed by atoms with Crippen molar-refractivity contribution in [1.82, 2.24) is 10.2 Å². The highest BCUT2D eigenvalue weighted by atomic mass is 16.4. The number of hydrogen-bond acceptors (Lipinski definition) is 4. The van der Waals surface area contributed by atoms with Crippen LogP contribution in [0.1, 0.15) is 49.3 Å². The fourth-order valence-corrected chi connectivity index (χ4v) is 2.45. The summed E-state index contributed by atoms with van der Waals surface area (Å²) in [5.74, 6) is 0.908. The Morgan fingerprint density at radius 3 is 2.15 bits per heavy atom. The smallest absolute Gasteiger partial charge is 0.339 e. The second-order valence-electron chi connectivity index (χ2n) is 5.97. The van der Waals surface area contributed by atoms with E-state index in [2.05, 4.69) is 43.2 Å². The van der Waals surface area contributed by atoms with Crippen LogP contribution in [0.4, 0.5) is 5.82 Å². The van der Waals surface area contributed by atoms with E-state index >= 15 is 0 Å². The van der Waals surface area contributed by atoms with E-state index in [0.717, 1.165) is 0 Å². The molecule has 0 unspecified atom stereocenters. The average molecular weight is 279 g/mol. The van der Waals surface area contributed by atoms with Gasteiger partial charge in [0, 0.05) is 6.54 Å². The van der Waals surface area contributed by atoms with E-state index in [0.29, 0.717) is 41.4 Å². The Labute approximate surface area is 120 Å². The quantitative estimate of drug-likeness (QED) is 0.836. The van der Waals surface area contributed by atoms with Crippen molar-refractivity contribution in [3.8, 4) is 0 Å². The maximum atomic E-state index is 11.4. The Hall–Kier alpha value is -1.65. The average Bonchev–Trinajstić information content (AvgIpc) is 2.32. The molecule has 0 aliphatic rings. The monoisotopic (exact) mass is 279 g/mol. The van der Waals surface area contributed by atoms with Gasteiger partial charge in [0.2, 0.25) is 0 Å². The van der Waals surface area contributed by atoms with Gasteiger partial charge in [0.25, 0.3) is 0 Å². The lowest BCUT2D eigenvalue weighted by atomic mass is 9.85. The van der Waals surface area contributed by atoms with E-state index in [-0.39, 0.29) is 5.56 Å². The molecule has 0 saturated carbocycles. The third-order valence-electron chi connectivity index (χ3n) is 3.89. The molecular formula is C15H25N3O2. The number of aromatic nitrogens is 2. The largest absolute Gasteiger partial charge is 0.478 e. The highest BCUT2D eigenvalue weighted by molar-refractivity contribution is 5.94. The van der Waals surface area contributed by atoms with Gasteiger partial charge in [-0.15, -0.1) is 5.10 Å². The molecule has 0 spiro atoms. The number of aryl methyl sites for hydroxylation is 1. The van der Waals surface area contributed by atoms with Crippen molar-refractivity contribution in [2.45, 2.75) is 41.5 Å². The van der Waals surface area contributed by atoms with Crippen molar-refractivity contribution in [2.75, 3.05) is 11.9 Å². The number of rotatable bonds is 6.